The van der Waals surface area contributed by atoms with Crippen molar-refractivity contribution in [3.8, 4) is 0 Å². The quantitative estimate of drug-likeness (QED) is 0.357. The summed E-state index contributed by atoms with van der Waals surface area (Å²) < 4.78 is 23.5. The molecule has 1 heterocycles. The number of hydrogen-bond acceptors (Lipinski definition) is 5. The molecule has 2 rings (SSSR count). The maximum absolute atomic E-state index is 11.6. The number of hydrogen-bond donors (Lipinski definition) is 0. The molecule has 110 valence electrons. The van der Waals surface area contributed by atoms with E-state index in [-0.39, 0.29) is 11.4 Å². The summed E-state index contributed by atoms with van der Waals surface area (Å²) in [5, 5.41) is 9.90. The molecule has 0 aliphatic carbocycles. The lowest BCUT2D eigenvalue weighted by molar-refractivity contribution is -0.385. The first-order chi connectivity index (χ1) is 9.90. The van der Waals surface area contributed by atoms with Gasteiger partial charge in [-0.15, -0.1) is 0 Å². The monoisotopic (exact) mass is 369 g/mol. The molecule has 0 aliphatic heterocycles. The lowest BCUT2D eigenvalue weighted by atomic mass is 10.1. The Balaban J connectivity index is 2.63. The summed E-state index contributed by atoms with van der Waals surface area (Å²) in [5.74, 6) is 0. The smallest absolute Gasteiger partial charge is 0.292 e. The number of rotatable bonds is 4. The van der Waals surface area contributed by atoms with Crippen molar-refractivity contribution < 1.29 is 13.7 Å². The van der Waals surface area contributed by atoms with Gasteiger partial charge in [-0.2, -0.15) is 0 Å². The van der Waals surface area contributed by atoms with Gasteiger partial charge in [0, 0.05) is 6.07 Å². The molecule has 0 radical (unpaired) electrons. The maximum atomic E-state index is 11.6. The summed E-state index contributed by atoms with van der Waals surface area (Å²) in [5.41, 5.74) is 0.966. The van der Waals surface area contributed by atoms with Crippen molar-refractivity contribution >= 4 is 32.7 Å². The van der Waals surface area contributed by atoms with Crippen molar-refractivity contribution in [2.75, 3.05) is 0 Å². The van der Waals surface area contributed by atoms with Gasteiger partial charge in [0.15, 0.2) is 0 Å². The molecular formula is C13H10BrN2O4S-. The molecule has 0 N–H and O–H groups in total. The van der Waals surface area contributed by atoms with Crippen LogP contribution in [0.2, 0.25) is 0 Å². The molecule has 2 atom stereocenters. The zero-order valence-electron chi connectivity index (χ0n) is 10.9. The van der Waals surface area contributed by atoms with Crippen LogP contribution in [0.3, 0.4) is 0 Å². The summed E-state index contributed by atoms with van der Waals surface area (Å²) in [6.07, 6.45) is 0. The van der Waals surface area contributed by atoms with E-state index in [1.165, 1.54) is 12.1 Å². The Bertz CT molecular complexity index is 706. The van der Waals surface area contributed by atoms with Crippen LogP contribution in [0.25, 0.3) is 0 Å². The minimum absolute atomic E-state index is 0.105. The molecule has 2 aromatic rings. The van der Waals surface area contributed by atoms with Gasteiger partial charge in [0.2, 0.25) is 0 Å². The Labute approximate surface area is 131 Å². The van der Waals surface area contributed by atoms with Crippen LogP contribution in [-0.4, -0.2) is 18.7 Å². The molecule has 21 heavy (non-hydrogen) atoms. The van der Waals surface area contributed by atoms with Crippen LogP contribution in [0, 0.1) is 17.0 Å². The van der Waals surface area contributed by atoms with Crippen LogP contribution >= 0.6 is 15.9 Å². The fourth-order valence-electron chi connectivity index (χ4n) is 1.89. The molecule has 0 aliphatic rings. The number of aryl methyl sites for hydroxylation is 1. The van der Waals surface area contributed by atoms with Gasteiger partial charge >= 0.3 is 0 Å². The molecule has 0 saturated carbocycles. The Morgan fingerprint density at radius 1 is 1.24 bits per heavy atom. The van der Waals surface area contributed by atoms with Crippen LogP contribution in [0.5, 0.6) is 0 Å². The zero-order chi connectivity index (χ0) is 15.6. The highest BCUT2D eigenvalue weighted by atomic mass is 79.9. The molecule has 0 spiro atoms. The topological polar surface area (TPSA) is 96.2 Å². The second-order valence-corrected chi connectivity index (χ2v) is 6.15. The Morgan fingerprint density at radius 2 is 1.86 bits per heavy atom. The highest BCUT2D eigenvalue weighted by Crippen LogP contribution is 2.33. The van der Waals surface area contributed by atoms with Crippen molar-refractivity contribution in [3.63, 3.8) is 0 Å². The van der Waals surface area contributed by atoms with Crippen LogP contribution in [-0.2, 0) is 11.1 Å². The van der Waals surface area contributed by atoms with E-state index in [2.05, 4.69) is 20.9 Å². The summed E-state index contributed by atoms with van der Waals surface area (Å²) in [6.45, 7) is 1.87. The highest BCUT2D eigenvalue weighted by Gasteiger charge is 2.26. The molecule has 0 fully saturated rings. The molecular weight excluding hydrogens is 360 g/mol. The molecule has 6 nitrogen and oxygen atoms in total. The molecule has 1 aromatic carbocycles. The maximum Gasteiger partial charge on any atom is 0.292 e. The minimum atomic E-state index is -2.58. The van der Waals surface area contributed by atoms with Gasteiger partial charge in [0.05, 0.1) is 10.2 Å². The Morgan fingerprint density at radius 3 is 2.38 bits per heavy atom. The van der Waals surface area contributed by atoms with Crippen molar-refractivity contribution in [2.45, 2.75) is 12.2 Å². The van der Waals surface area contributed by atoms with Crippen molar-refractivity contribution in [1.29, 1.82) is 0 Å². The highest BCUT2D eigenvalue weighted by molar-refractivity contribution is 9.10. The molecule has 0 bridgehead atoms. The Hall–Kier alpha value is -1.64. The second kappa shape index (κ2) is 6.42. The molecule has 0 amide bonds. The number of nitro groups is 1. The summed E-state index contributed by atoms with van der Waals surface area (Å²) in [6, 6.07) is 9.39. The van der Waals surface area contributed by atoms with E-state index in [1.54, 1.807) is 24.3 Å². The van der Waals surface area contributed by atoms with Crippen LogP contribution in [0.4, 0.5) is 5.69 Å². The largest absolute Gasteiger partial charge is 0.772 e. The van der Waals surface area contributed by atoms with Gasteiger partial charge in [-0.25, -0.2) is 4.98 Å². The summed E-state index contributed by atoms with van der Waals surface area (Å²) in [4.78, 5) is 14.5. The molecule has 8 heteroatoms. The third kappa shape index (κ3) is 3.52. The average Bonchev–Trinajstić information content (AvgIpc) is 2.40. The van der Waals surface area contributed by atoms with Gasteiger partial charge < -0.3 is 4.55 Å². The average molecular weight is 370 g/mol. The van der Waals surface area contributed by atoms with Gasteiger partial charge in [-0.05, 0) is 45.6 Å². The van der Waals surface area contributed by atoms with Gasteiger partial charge in [0.25, 0.3) is 5.69 Å². The summed E-state index contributed by atoms with van der Waals surface area (Å²) in [7, 11) is 0. The lowest BCUT2D eigenvalue weighted by Gasteiger charge is -2.20. The van der Waals surface area contributed by atoms with E-state index in [0.29, 0.717) is 10.2 Å². The van der Waals surface area contributed by atoms with Crippen molar-refractivity contribution in [1.82, 2.24) is 4.98 Å². The minimum Gasteiger partial charge on any atom is -0.772 e. The molecule has 1 aromatic heterocycles. The van der Waals surface area contributed by atoms with E-state index < -0.39 is 21.3 Å². The van der Waals surface area contributed by atoms with Gasteiger partial charge in [-0.3, -0.25) is 14.3 Å². The number of aromatic nitrogens is 1. The first kappa shape index (κ1) is 15.7. The first-order valence-electron chi connectivity index (χ1n) is 5.85. The second-order valence-electron chi connectivity index (χ2n) is 4.35. The van der Waals surface area contributed by atoms with Crippen LogP contribution in [0.1, 0.15) is 22.1 Å². The predicted octanol–water partition coefficient (Wildman–Crippen LogP) is 3.03. The number of nitrogens with zero attached hydrogens (tertiary/aromatic N) is 2. The Kier molecular flexibility index (Phi) is 4.81. The van der Waals surface area contributed by atoms with Crippen LogP contribution < -0.4 is 0 Å². The molecule has 2 unspecified atom stereocenters. The van der Waals surface area contributed by atoms with E-state index in [4.69, 9.17) is 0 Å². The number of halogens is 1. The third-order valence-electron chi connectivity index (χ3n) is 2.89. The fraction of sp³-hybridized carbons (Fsp3) is 0.154. The van der Waals surface area contributed by atoms with E-state index in [1.807, 2.05) is 6.92 Å². The van der Waals surface area contributed by atoms with E-state index >= 15 is 0 Å². The SMILES string of the molecule is Cc1ccc(C(c2nc(Br)ccc2[N+](=O)[O-])S(=O)[O-])cc1. The molecule has 0 saturated heterocycles. The third-order valence-corrected chi connectivity index (χ3v) is 4.21. The number of pyridine rings is 1. The van der Waals surface area contributed by atoms with Crippen LogP contribution in [0.15, 0.2) is 41.0 Å². The van der Waals surface area contributed by atoms with Gasteiger partial charge in [0.1, 0.15) is 10.3 Å². The lowest BCUT2D eigenvalue weighted by Crippen LogP contribution is -2.12. The normalized spacial score (nSPS) is 13.7. The number of benzene rings is 1. The predicted molar refractivity (Wildman–Crippen MR) is 80.5 cm³/mol. The van der Waals surface area contributed by atoms with E-state index in [0.717, 1.165) is 5.56 Å². The fourth-order valence-corrected chi connectivity index (χ4v) is 2.95. The van der Waals surface area contributed by atoms with Crippen molar-refractivity contribution in [3.05, 3.63) is 67.9 Å². The zero-order valence-corrected chi connectivity index (χ0v) is 13.3. The summed E-state index contributed by atoms with van der Waals surface area (Å²) >= 11 is 0.528. The van der Waals surface area contributed by atoms with E-state index in [9.17, 15) is 18.9 Å². The van der Waals surface area contributed by atoms with Gasteiger partial charge in [-0.1, -0.05) is 29.8 Å². The van der Waals surface area contributed by atoms with Crippen molar-refractivity contribution in [2.24, 2.45) is 0 Å². The first-order valence-corrected chi connectivity index (χ1v) is 7.78. The standard InChI is InChI=1S/C13H11BrN2O4S/c1-8-2-4-9(5-3-8)13(21(19)20)12-10(16(17)18)6-7-11(14)15-12/h2-7,13H,1H3,(H,19,20)/p-1.